The molecule has 0 N–H and O–H groups in total. The van der Waals surface area contributed by atoms with Gasteiger partial charge in [-0.3, -0.25) is 0 Å². The number of benzene rings is 2. The molecule has 0 radical (unpaired) electrons. The van der Waals surface area contributed by atoms with Crippen molar-refractivity contribution in [1.29, 1.82) is 0 Å². The first-order valence-corrected chi connectivity index (χ1v) is 7.91. The van der Waals surface area contributed by atoms with Gasteiger partial charge < -0.3 is 14.0 Å². The van der Waals surface area contributed by atoms with Crippen LogP contribution in [0.2, 0.25) is 10.0 Å². The van der Waals surface area contributed by atoms with Gasteiger partial charge in [-0.15, -0.1) is 0 Å². The first-order valence-electron chi connectivity index (χ1n) is 7.16. The Morgan fingerprint density at radius 3 is 2.56 bits per heavy atom. The Kier molecular flexibility index (Phi) is 5.21. The second-order valence-electron chi connectivity index (χ2n) is 4.94. The van der Waals surface area contributed by atoms with E-state index in [9.17, 15) is 4.79 Å². The summed E-state index contributed by atoms with van der Waals surface area (Å²) >= 11 is 11.7. The molecule has 25 heavy (non-hydrogen) atoms. The van der Waals surface area contributed by atoms with Crippen LogP contribution in [0.25, 0.3) is 11.4 Å². The van der Waals surface area contributed by atoms with E-state index in [1.165, 1.54) is 19.2 Å². The summed E-state index contributed by atoms with van der Waals surface area (Å²) in [5.41, 5.74) is 0.995. The summed E-state index contributed by atoms with van der Waals surface area (Å²) in [7, 11) is 1.44. The van der Waals surface area contributed by atoms with Crippen molar-refractivity contribution < 1.29 is 18.8 Å². The number of aromatic nitrogens is 2. The molecule has 0 aliphatic rings. The van der Waals surface area contributed by atoms with Gasteiger partial charge in [0.05, 0.1) is 7.11 Å². The molecule has 0 saturated carbocycles. The number of halogens is 2. The van der Waals surface area contributed by atoms with Crippen molar-refractivity contribution in [3.05, 3.63) is 64.0 Å². The predicted molar refractivity (Wildman–Crippen MR) is 91.9 cm³/mol. The molecule has 1 aromatic heterocycles. The average Bonchev–Trinajstić information content (AvgIpc) is 3.09. The van der Waals surface area contributed by atoms with Gasteiger partial charge in [0.2, 0.25) is 5.82 Å². The number of esters is 1. The van der Waals surface area contributed by atoms with E-state index in [0.717, 1.165) is 5.56 Å². The lowest BCUT2D eigenvalue weighted by atomic mass is 10.2. The van der Waals surface area contributed by atoms with E-state index in [1.54, 1.807) is 30.3 Å². The molecule has 0 fully saturated rings. The van der Waals surface area contributed by atoms with Gasteiger partial charge in [0.25, 0.3) is 5.89 Å². The Morgan fingerprint density at radius 2 is 1.84 bits per heavy atom. The van der Waals surface area contributed by atoms with E-state index < -0.39 is 5.97 Å². The number of carbonyl (C=O) groups is 1. The minimum atomic E-state index is -0.584. The zero-order chi connectivity index (χ0) is 17.8. The second-order valence-corrected chi connectivity index (χ2v) is 5.81. The lowest BCUT2D eigenvalue weighted by Crippen LogP contribution is -2.07. The Morgan fingerprint density at radius 1 is 1.12 bits per heavy atom. The van der Waals surface area contributed by atoms with Gasteiger partial charge in [-0.25, -0.2) is 4.79 Å². The predicted octanol–water partition coefficient (Wildman–Crippen LogP) is 4.41. The van der Waals surface area contributed by atoms with Crippen LogP contribution in [0.1, 0.15) is 16.2 Å². The van der Waals surface area contributed by atoms with Crippen LogP contribution in [0.5, 0.6) is 5.75 Å². The number of methoxy groups -OCH3 is 1. The van der Waals surface area contributed by atoms with Gasteiger partial charge in [-0.1, -0.05) is 28.4 Å². The smallest absolute Gasteiger partial charge is 0.342 e. The third-order valence-electron chi connectivity index (χ3n) is 3.28. The van der Waals surface area contributed by atoms with E-state index >= 15 is 0 Å². The third-order valence-corrected chi connectivity index (χ3v) is 3.77. The minimum Gasteiger partial charge on any atom is -0.496 e. The monoisotopic (exact) mass is 378 g/mol. The molecule has 0 spiro atoms. The number of rotatable bonds is 5. The third kappa shape index (κ3) is 4.10. The van der Waals surface area contributed by atoms with E-state index in [1.807, 2.05) is 0 Å². The van der Waals surface area contributed by atoms with Crippen molar-refractivity contribution in [1.82, 2.24) is 10.1 Å². The fourth-order valence-corrected chi connectivity index (χ4v) is 2.36. The van der Waals surface area contributed by atoms with E-state index in [4.69, 9.17) is 37.2 Å². The van der Waals surface area contributed by atoms with Crippen LogP contribution in [0.4, 0.5) is 0 Å². The molecule has 3 aromatic rings. The minimum absolute atomic E-state index is 0.162. The quantitative estimate of drug-likeness (QED) is 0.612. The molecule has 0 atom stereocenters. The van der Waals surface area contributed by atoms with Crippen molar-refractivity contribution >= 4 is 29.2 Å². The van der Waals surface area contributed by atoms with Gasteiger partial charge in [0.1, 0.15) is 11.3 Å². The number of hydrogen-bond acceptors (Lipinski definition) is 6. The molecule has 2 aromatic carbocycles. The van der Waals surface area contributed by atoms with Crippen LogP contribution < -0.4 is 4.74 Å². The van der Waals surface area contributed by atoms with Crippen LogP contribution in [0.3, 0.4) is 0 Å². The highest BCUT2D eigenvalue weighted by Crippen LogP contribution is 2.24. The Bertz CT molecular complexity index is 894. The van der Waals surface area contributed by atoms with Gasteiger partial charge in [0.15, 0.2) is 6.61 Å². The van der Waals surface area contributed by atoms with Crippen molar-refractivity contribution in [2.45, 2.75) is 6.61 Å². The normalized spacial score (nSPS) is 10.5. The van der Waals surface area contributed by atoms with E-state index in [0.29, 0.717) is 21.6 Å². The first kappa shape index (κ1) is 17.3. The second kappa shape index (κ2) is 7.55. The summed E-state index contributed by atoms with van der Waals surface area (Å²) in [5, 5.41) is 4.92. The Balaban J connectivity index is 1.68. The molecule has 0 aliphatic heterocycles. The molecule has 0 aliphatic carbocycles. The molecule has 0 unspecified atom stereocenters. The molecule has 0 bridgehead atoms. The zero-order valence-corrected chi connectivity index (χ0v) is 14.5. The lowest BCUT2D eigenvalue weighted by Gasteiger charge is -2.07. The highest BCUT2D eigenvalue weighted by molar-refractivity contribution is 6.31. The standard InChI is InChI=1S/C17H12Cl2N2O4/c1-23-14-8-12(19)6-7-13(14)17(22)24-9-15-20-16(21-25-15)10-2-4-11(18)5-3-10/h2-8H,9H2,1H3. The lowest BCUT2D eigenvalue weighted by molar-refractivity contribution is 0.0426. The largest absolute Gasteiger partial charge is 0.496 e. The molecular formula is C17H12Cl2N2O4. The van der Waals surface area contributed by atoms with E-state index in [-0.39, 0.29) is 18.1 Å². The van der Waals surface area contributed by atoms with Gasteiger partial charge in [0, 0.05) is 15.6 Å². The van der Waals surface area contributed by atoms with Crippen molar-refractivity contribution in [3.63, 3.8) is 0 Å². The van der Waals surface area contributed by atoms with Gasteiger partial charge in [-0.05, 0) is 42.5 Å². The van der Waals surface area contributed by atoms with Crippen LogP contribution in [0, 0.1) is 0 Å². The maximum atomic E-state index is 12.2. The highest BCUT2D eigenvalue weighted by Gasteiger charge is 2.16. The van der Waals surface area contributed by atoms with Crippen LogP contribution in [-0.4, -0.2) is 23.2 Å². The Labute approximate surface area is 153 Å². The summed E-state index contributed by atoms with van der Waals surface area (Å²) < 4.78 is 15.4. The van der Waals surface area contributed by atoms with E-state index in [2.05, 4.69) is 10.1 Å². The SMILES string of the molecule is COc1cc(Cl)ccc1C(=O)OCc1nc(-c2ccc(Cl)cc2)no1. The summed E-state index contributed by atoms with van der Waals surface area (Å²) in [6.07, 6.45) is 0. The van der Waals surface area contributed by atoms with Crippen LogP contribution in [0.15, 0.2) is 47.0 Å². The van der Waals surface area contributed by atoms with Gasteiger partial charge in [-0.2, -0.15) is 4.98 Å². The fraction of sp³-hybridized carbons (Fsp3) is 0.118. The van der Waals surface area contributed by atoms with Crippen LogP contribution >= 0.6 is 23.2 Å². The molecule has 0 amide bonds. The fourth-order valence-electron chi connectivity index (χ4n) is 2.07. The zero-order valence-electron chi connectivity index (χ0n) is 13.0. The van der Waals surface area contributed by atoms with Gasteiger partial charge >= 0.3 is 5.97 Å². The number of hydrogen-bond donors (Lipinski definition) is 0. The maximum Gasteiger partial charge on any atom is 0.342 e. The van der Waals surface area contributed by atoms with Crippen molar-refractivity contribution in [3.8, 4) is 17.1 Å². The number of carbonyl (C=O) groups excluding carboxylic acids is 1. The molecule has 3 rings (SSSR count). The first-order chi connectivity index (χ1) is 12.1. The van der Waals surface area contributed by atoms with Crippen molar-refractivity contribution in [2.75, 3.05) is 7.11 Å². The number of nitrogens with zero attached hydrogens (tertiary/aromatic N) is 2. The van der Waals surface area contributed by atoms with Crippen LogP contribution in [-0.2, 0) is 11.3 Å². The molecule has 128 valence electrons. The molecule has 6 nitrogen and oxygen atoms in total. The summed E-state index contributed by atoms with van der Waals surface area (Å²) in [4.78, 5) is 16.4. The Hall–Kier alpha value is -2.57. The molecule has 1 heterocycles. The van der Waals surface area contributed by atoms with Crippen molar-refractivity contribution in [2.24, 2.45) is 0 Å². The highest BCUT2D eigenvalue weighted by atomic mass is 35.5. The summed E-state index contributed by atoms with van der Waals surface area (Å²) in [5.74, 6) is 0.294. The summed E-state index contributed by atoms with van der Waals surface area (Å²) in [6, 6.07) is 11.6. The average molecular weight is 379 g/mol. The summed E-state index contributed by atoms with van der Waals surface area (Å²) in [6.45, 7) is -0.162. The topological polar surface area (TPSA) is 74.5 Å². The molecular weight excluding hydrogens is 367 g/mol. The number of ether oxygens (including phenoxy) is 2. The molecule has 8 heteroatoms. The maximum absolute atomic E-state index is 12.2. The molecule has 0 saturated heterocycles.